The third kappa shape index (κ3) is 3.49. The van der Waals surface area contributed by atoms with E-state index in [1.165, 1.54) is 26.4 Å². The predicted molar refractivity (Wildman–Crippen MR) is 83.1 cm³/mol. The molecule has 1 aliphatic rings. The largest absolute Gasteiger partial charge is 0.493 e. The molecule has 24 heavy (non-hydrogen) atoms. The van der Waals surface area contributed by atoms with Crippen LogP contribution in [-0.4, -0.2) is 31.6 Å². The predicted octanol–water partition coefficient (Wildman–Crippen LogP) is 3.96. The quantitative estimate of drug-likeness (QED) is 0.777. The maximum atomic E-state index is 13.4. The van der Waals surface area contributed by atoms with E-state index in [1.54, 1.807) is 4.90 Å². The second-order valence-corrected chi connectivity index (χ2v) is 5.55. The van der Waals surface area contributed by atoms with Gasteiger partial charge >= 0.3 is 6.18 Å². The number of rotatable bonds is 4. The summed E-state index contributed by atoms with van der Waals surface area (Å²) in [5.41, 5.74) is -0.522. The fourth-order valence-electron chi connectivity index (χ4n) is 3.05. The first-order chi connectivity index (χ1) is 11.3. The van der Waals surface area contributed by atoms with Gasteiger partial charge < -0.3 is 14.4 Å². The Hall–Kier alpha value is -2.18. The highest BCUT2D eigenvalue weighted by Crippen LogP contribution is 2.45. The van der Waals surface area contributed by atoms with E-state index in [0.717, 1.165) is 18.9 Å². The first-order valence-corrected chi connectivity index (χ1v) is 7.59. The molecule has 0 N–H and O–H groups in total. The van der Waals surface area contributed by atoms with E-state index in [9.17, 15) is 18.0 Å². The zero-order chi connectivity index (χ0) is 17.9. The maximum Gasteiger partial charge on any atom is 0.420 e. The van der Waals surface area contributed by atoms with Gasteiger partial charge in [0.25, 0.3) is 0 Å². The van der Waals surface area contributed by atoms with Crippen LogP contribution in [0.25, 0.3) is 0 Å². The van der Waals surface area contributed by atoms with Gasteiger partial charge in [-0.1, -0.05) is 6.58 Å². The van der Waals surface area contributed by atoms with Gasteiger partial charge in [0.2, 0.25) is 5.91 Å². The van der Waals surface area contributed by atoms with Gasteiger partial charge in [-0.25, -0.2) is 0 Å². The smallest absolute Gasteiger partial charge is 0.420 e. The molecule has 1 atom stereocenters. The zero-order valence-electron chi connectivity index (χ0n) is 13.7. The molecule has 0 aromatic heterocycles. The molecule has 0 spiro atoms. The molecule has 1 amide bonds. The Morgan fingerprint density at radius 2 is 2.00 bits per heavy atom. The number of alkyl halides is 3. The van der Waals surface area contributed by atoms with Gasteiger partial charge in [-0.15, -0.1) is 0 Å². The fraction of sp³-hybridized carbons (Fsp3) is 0.471. The molecular weight excluding hydrogens is 323 g/mol. The van der Waals surface area contributed by atoms with Crippen LogP contribution in [0.4, 0.5) is 13.2 Å². The second-order valence-electron chi connectivity index (χ2n) is 5.55. The molecule has 7 heteroatoms. The van der Waals surface area contributed by atoms with Gasteiger partial charge in [0.1, 0.15) is 5.56 Å². The minimum Gasteiger partial charge on any atom is -0.493 e. The topological polar surface area (TPSA) is 38.8 Å². The minimum absolute atomic E-state index is 0.00102. The molecule has 1 unspecified atom stereocenters. The summed E-state index contributed by atoms with van der Waals surface area (Å²) in [7, 11) is 2.45. The Morgan fingerprint density at radius 1 is 1.29 bits per heavy atom. The van der Waals surface area contributed by atoms with Crippen LogP contribution in [0.5, 0.6) is 11.5 Å². The molecule has 1 aromatic rings. The lowest BCUT2D eigenvalue weighted by atomic mass is 9.93. The zero-order valence-corrected chi connectivity index (χ0v) is 13.7. The monoisotopic (exact) mass is 343 g/mol. The second kappa shape index (κ2) is 7.15. The third-order valence-electron chi connectivity index (χ3n) is 4.15. The number of amides is 1. The van der Waals surface area contributed by atoms with Crippen LogP contribution in [-0.2, 0) is 11.0 Å². The number of hydrogen-bond acceptors (Lipinski definition) is 3. The number of nitrogens with zero attached hydrogens (tertiary/aromatic N) is 1. The van der Waals surface area contributed by atoms with Gasteiger partial charge in [0.15, 0.2) is 11.5 Å². The molecule has 0 aliphatic carbocycles. The van der Waals surface area contributed by atoms with Crippen molar-refractivity contribution in [3.05, 3.63) is 35.9 Å². The number of hydrogen-bond donors (Lipinski definition) is 0. The number of ether oxygens (including phenoxy) is 2. The summed E-state index contributed by atoms with van der Waals surface area (Å²) in [6.07, 6.45) is -1.16. The lowest BCUT2D eigenvalue weighted by Gasteiger charge is -2.36. The van der Waals surface area contributed by atoms with Gasteiger partial charge in [-0.05, 0) is 43.0 Å². The van der Waals surface area contributed by atoms with E-state index in [1.807, 2.05) is 0 Å². The summed E-state index contributed by atoms with van der Waals surface area (Å²) in [6.45, 7) is 3.96. The van der Waals surface area contributed by atoms with Gasteiger partial charge in [0.05, 0.1) is 20.3 Å². The first kappa shape index (κ1) is 18.2. The van der Waals surface area contributed by atoms with Crippen molar-refractivity contribution in [2.45, 2.75) is 31.5 Å². The summed E-state index contributed by atoms with van der Waals surface area (Å²) < 4.78 is 50.1. The number of methoxy groups -OCH3 is 2. The van der Waals surface area contributed by atoms with Crippen molar-refractivity contribution in [3.63, 3.8) is 0 Å². The van der Waals surface area contributed by atoms with Crippen molar-refractivity contribution in [1.29, 1.82) is 0 Å². The number of likely N-dealkylation sites (tertiary alicyclic amines) is 1. The van der Waals surface area contributed by atoms with E-state index in [0.29, 0.717) is 18.5 Å². The van der Waals surface area contributed by atoms with Crippen molar-refractivity contribution in [1.82, 2.24) is 4.90 Å². The van der Waals surface area contributed by atoms with Crippen molar-refractivity contribution in [2.24, 2.45) is 0 Å². The molecule has 132 valence electrons. The molecule has 0 radical (unpaired) electrons. The molecule has 1 saturated heterocycles. The van der Waals surface area contributed by atoms with Gasteiger partial charge in [-0.2, -0.15) is 13.2 Å². The average Bonchev–Trinajstić information content (AvgIpc) is 2.58. The number of carbonyl (C=O) groups excluding carboxylic acids is 1. The Bertz CT molecular complexity index is 628. The third-order valence-corrected chi connectivity index (χ3v) is 4.15. The van der Waals surface area contributed by atoms with Crippen molar-refractivity contribution in [3.8, 4) is 11.5 Å². The highest BCUT2D eigenvalue weighted by molar-refractivity contribution is 5.87. The highest BCUT2D eigenvalue weighted by atomic mass is 19.4. The molecule has 4 nitrogen and oxygen atoms in total. The Kier molecular flexibility index (Phi) is 5.41. The number of carbonyl (C=O) groups is 1. The molecule has 1 heterocycles. The van der Waals surface area contributed by atoms with Crippen molar-refractivity contribution >= 4 is 5.91 Å². The number of piperidine rings is 1. The summed E-state index contributed by atoms with van der Waals surface area (Å²) in [6, 6.07) is 2.11. The van der Waals surface area contributed by atoms with Gasteiger partial charge in [0, 0.05) is 6.54 Å². The van der Waals surface area contributed by atoms with E-state index >= 15 is 0 Å². The van der Waals surface area contributed by atoms with E-state index < -0.39 is 17.8 Å². The average molecular weight is 343 g/mol. The molecule has 0 bridgehead atoms. The van der Waals surface area contributed by atoms with Crippen molar-refractivity contribution in [2.75, 3.05) is 20.8 Å². The molecule has 1 aromatic carbocycles. The number of benzene rings is 1. The summed E-state index contributed by atoms with van der Waals surface area (Å²) in [4.78, 5) is 13.6. The Balaban J connectivity index is 2.56. The lowest BCUT2D eigenvalue weighted by Crippen LogP contribution is -2.37. The Morgan fingerprint density at radius 3 is 2.54 bits per heavy atom. The van der Waals surface area contributed by atoms with Gasteiger partial charge in [-0.3, -0.25) is 4.79 Å². The fourth-order valence-corrected chi connectivity index (χ4v) is 3.05. The SMILES string of the molecule is C=CC(=O)N1CCCCC1c1cc(OC)c(OC)c(C(F)(F)F)c1. The number of halogens is 3. The van der Waals surface area contributed by atoms with E-state index in [-0.39, 0.29) is 17.4 Å². The first-order valence-electron chi connectivity index (χ1n) is 7.59. The molecule has 1 fully saturated rings. The minimum atomic E-state index is -4.59. The van der Waals surface area contributed by atoms with Crippen LogP contribution < -0.4 is 9.47 Å². The van der Waals surface area contributed by atoms with Crippen LogP contribution in [0.3, 0.4) is 0 Å². The van der Waals surface area contributed by atoms with Crippen LogP contribution in [0.1, 0.15) is 36.4 Å². The molecule has 1 aliphatic heterocycles. The van der Waals surface area contributed by atoms with E-state index in [2.05, 4.69) is 6.58 Å². The normalized spacial score (nSPS) is 18.2. The molecule has 2 rings (SSSR count). The summed E-state index contributed by atoms with van der Waals surface area (Å²) >= 11 is 0. The Labute approximate surface area is 138 Å². The van der Waals surface area contributed by atoms with Crippen LogP contribution in [0.2, 0.25) is 0 Å². The molecule has 0 saturated carbocycles. The van der Waals surface area contributed by atoms with Crippen LogP contribution >= 0.6 is 0 Å². The van der Waals surface area contributed by atoms with E-state index in [4.69, 9.17) is 9.47 Å². The maximum absolute atomic E-state index is 13.4. The highest BCUT2D eigenvalue weighted by Gasteiger charge is 2.38. The standard InChI is InChI=1S/C17H20F3NO3/c1-4-15(22)21-8-6-5-7-13(21)11-9-12(17(18,19)20)16(24-3)14(10-11)23-2/h4,9-10,13H,1,5-8H2,2-3H3. The van der Waals surface area contributed by atoms with Crippen LogP contribution in [0.15, 0.2) is 24.8 Å². The molecular formula is C17H20F3NO3. The summed E-state index contributed by atoms with van der Waals surface area (Å²) in [5, 5.41) is 0. The van der Waals surface area contributed by atoms with Crippen LogP contribution in [0, 0.1) is 0 Å². The van der Waals surface area contributed by atoms with Crippen molar-refractivity contribution < 1.29 is 27.4 Å². The summed E-state index contributed by atoms with van der Waals surface area (Å²) in [5.74, 6) is -0.645. The lowest BCUT2D eigenvalue weighted by molar-refractivity contribution is -0.139.